The van der Waals surface area contributed by atoms with E-state index in [2.05, 4.69) is 44.2 Å². The van der Waals surface area contributed by atoms with Gasteiger partial charge in [0, 0.05) is 11.5 Å². The van der Waals surface area contributed by atoms with Crippen LogP contribution < -0.4 is 0 Å². The van der Waals surface area contributed by atoms with Crippen LogP contribution in [0.1, 0.15) is 31.3 Å². The Morgan fingerprint density at radius 3 is 2.27 bits per heavy atom. The zero-order chi connectivity index (χ0) is 10.8. The molecule has 1 heterocycles. The zero-order valence-corrected chi connectivity index (χ0v) is 9.45. The summed E-state index contributed by atoms with van der Waals surface area (Å²) >= 11 is 0. The molecule has 2 rings (SSSR count). The Balaban J connectivity index is 2.45. The van der Waals surface area contributed by atoms with Gasteiger partial charge in [0.25, 0.3) is 0 Å². The molecule has 1 aromatic heterocycles. The summed E-state index contributed by atoms with van der Waals surface area (Å²) in [6.07, 6.45) is 0. The monoisotopic (exact) mass is 200 g/mol. The molecule has 0 radical (unpaired) electrons. The smallest absolute Gasteiger partial charge is 0.108 e. The summed E-state index contributed by atoms with van der Waals surface area (Å²) in [6.45, 7) is 6.31. The predicted octanol–water partition coefficient (Wildman–Crippen LogP) is 4.38. The van der Waals surface area contributed by atoms with Gasteiger partial charge in [-0.25, -0.2) is 0 Å². The highest BCUT2D eigenvalue weighted by Gasteiger charge is 2.11. The second-order valence-electron chi connectivity index (χ2n) is 4.14. The Labute approximate surface area is 90.7 Å². The molecule has 0 fully saturated rings. The zero-order valence-electron chi connectivity index (χ0n) is 9.45. The summed E-state index contributed by atoms with van der Waals surface area (Å²) in [5.41, 5.74) is 2.44. The summed E-state index contributed by atoms with van der Waals surface area (Å²) in [4.78, 5) is 0. The van der Waals surface area contributed by atoms with E-state index >= 15 is 0 Å². The van der Waals surface area contributed by atoms with Gasteiger partial charge in [0.1, 0.15) is 11.5 Å². The fraction of sp³-hybridized carbons (Fsp3) is 0.286. The molecule has 0 saturated carbocycles. The molecule has 1 aromatic carbocycles. The Morgan fingerprint density at radius 1 is 1.07 bits per heavy atom. The topological polar surface area (TPSA) is 13.1 Å². The third-order valence-corrected chi connectivity index (χ3v) is 2.59. The average Bonchev–Trinajstić information content (AvgIpc) is 2.62. The van der Waals surface area contributed by atoms with Crippen molar-refractivity contribution >= 4 is 0 Å². The van der Waals surface area contributed by atoms with Crippen LogP contribution in [-0.2, 0) is 0 Å². The molecule has 0 aliphatic carbocycles. The Kier molecular flexibility index (Phi) is 2.63. The van der Waals surface area contributed by atoms with Crippen molar-refractivity contribution in [1.82, 2.24) is 0 Å². The lowest BCUT2D eigenvalue weighted by molar-refractivity contribution is 0.464. The number of benzene rings is 1. The van der Waals surface area contributed by atoms with Gasteiger partial charge >= 0.3 is 0 Å². The van der Waals surface area contributed by atoms with Crippen LogP contribution in [0.15, 0.2) is 40.8 Å². The van der Waals surface area contributed by atoms with Crippen molar-refractivity contribution in [2.75, 3.05) is 0 Å². The molecule has 0 saturated heterocycles. The van der Waals surface area contributed by atoms with Crippen LogP contribution >= 0.6 is 0 Å². The maximum Gasteiger partial charge on any atom is 0.108 e. The van der Waals surface area contributed by atoms with Gasteiger partial charge in [-0.3, -0.25) is 0 Å². The number of rotatable bonds is 2. The van der Waals surface area contributed by atoms with E-state index in [0.717, 1.165) is 11.5 Å². The van der Waals surface area contributed by atoms with E-state index in [-0.39, 0.29) is 0 Å². The van der Waals surface area contributed by atoms with Crippen LogP contribution in [-0.4, -0.2) is 0 Å². The lowest BCUT2D eigenvalue weighted by atomic mass is 10.0. The van der Waals surface area contributed by atoms with Crippen molar-refractivity contribution in [2.24, 2.45) is 0 Å². The molecule has 1 heteroatoms. The minimum absolute atomic E-state index is 0.446. The summed E-state index contributed by atoms with van der Waals surface area (Å²) in [5, 5.41) is 0. The van der Waals surface area contributed by atoms with Gasteiger partial charge in [-0.2, -0.15) is 0 Å². The average molecular weight is 200 g/mol. The third-order valence-electron chi connectivity index (χ3n) is 2.59. The molecular formula is C14H16O. The molecule has 78 valence electrons. The van der Waals surface area contributed by atoms with Crippen LogP contribution in [0.25, 0.3) is 11.1 Å². The normalized spacial score (nSPS) is 10.9. The van der Waals surface area contributed by atoms with Crippen molar-refractivity contribution in [3.05, 3.63) is 47.9 Å². The van der Waals surface area contributed by atoms with Crippen LogP contribution in [0.5, 0.6) is 0 Å². The Bertz CT molecular complexity index is 438. The van der Waals surface area contributed by atoms with E-state index in [1.54, 1.807) is 0 Å². The molecule has 0 aliphatic rings. The summed E-state index contributed by atoms with van der Waals surface area (Å²) in [6, 6.07) is 12.5. The van der Waals surface area contributed by atoms with Crippen molar-refractivity contribution in [3.63, 3.8) is 0 Å². The highest BCUT2D eigenvalue weighted by molar-refractivity contribution is 5.65. The highest BCUT2D eigenvalue weighted by atomic mass is 16.3. The lowest BCUT2D eigenvalue weighted by Gasteiger charge is -1.96. The first-order valence-electron chi connectivity index (χ1n) is 5.34. The minimum Gasteiger partial charge on any atom is -0.465 e. The molecule has 0 unspecified atom stereocenters. The van der Waals surface area contributed by atoms with Gasteiger partial charge in [0.2, 0.25) is 0 Å². The molecule has 0 aliphatic heterocycles. The van der Waals surface area contributed by atoms with Gasteiger partial charge in [0.15, 0.2) is 0 Å². The molecule has 0 amide bonds. The first kappa shape index (κ1) is 10.0. The molecule has 0 spiro atoms. The lowest BCUT2D eigenvalue weighted by Crippen LogP contribution is -1.80. The fourth-order valence-electron chi connectivity index (χ4n) is 1.69. The van der Waals surface area contributed by atoms with E-state index in [0.29, 0.717) is 5.92 Å². The quantitative estimate of drug-likeness (QED) is 0.701. The van der Waals surface area contributed by atoms with Crippen LogP contribution in [0, 0.1) is 6.92 Å². The van der Waals surface area contributed by atoms with Crippen LogP contribution in [0.2, 0.25) is 0 Å². The number of aryl methyl sites for hydroxylation is 1. The van der Waals surface area contributed by atoms with Crippen molar-refractivity contribution < 1.29 is 4.42 Å². The molecule has 0 atom stereocenters. The maximum absolute atomic E-state index is 5.73. The molecule has 0 N–H and O–H groups in total. The Morgan fingerprint density at radius 2 is 1.73 bits per heavy atom. The number of hydrogen-bond acceptors (Lipinski definition) is 1. The number of hydrogen-bond donors (Lipinski definition) is 0. The molecular weight excluding hydrogens is 184 g/mol. The van der Waals surface area contributed by atoms with Crippen molar-refractivity contribution in [2.45, 2.75) is 26.7 Å². The first-order chi connectivity index (χ1) is 7.18. The van der Waals surface area contributed by atoms with E-state index in [1.807, 2.05) is 13.0 Å². The van der Waals surface area contributed by atoms with Gasteiger partial charge < -0.3 is 4.42 Å². The van der Waals surface area contributed by atoms with E-state index in [1.165, 1.54) is 11.1 Å². The minimum atomic E-state index is 0.446. The SMILES string of the molecule is Cc1oc(C(C)C)cc1-c1ccccc1. The van der Waals surface area contributed by atoms with Crippen molar-refractivity contribution in [1.29, 1.82) is 0 Å². The second kappa shape index (κ2) is 3.93. The standard InChI is InChI=1S/C14H16O/c1-10(2)14-9-13(11(3)15-14)12-7-5-4-6-8-12/h4-10H,1-3H3. The summed E-state index contributed by atoms with van der Waals surface area (Å²) in [5.74, 6) is 2.51. The van der Waals surface area contributed by atoms with Crippen LogP contribution in [0.3, 0.4) is 0 Å². The third kappa shape index (κ3) is 1.96. The molecule has 0 bridgehead atoms. The van der Waals surface area contributed by atoms with Gasteiger partial charge in [-0.1, -0.05) is 44.2 Å². The highest BCUT2D eigenvalue weighted by Crippen LogP contribution is 2.29. The van der Waals surface area contributed by atoms with E-state index < -0.39 is 0 Å². The molecule has 1 nitrogen and oxygen atoms in total. The molecule has 15 heavy (non-hydrogen) atoms. The largest absolute Gasteiger partial charge is 0.465 e. The van der Waals surface area contributed by atoms with E-state index in [4.69, 9.17) is 4.42 Å². The van der Waals surface area contributed by atoms with Crippen molar-refractivity contribution in [3.8, 4) is 11.1 Å². The number of furan rings is 1. The maximum atomic E-state index is 5.73. The Hall–Kier alpha value is -1.50. The molecule has 2 aromatic rings. The van der Waals surface area contributed by atoms with Gasteiger partial charge in [0.05, 0.1) is 0 Å². The van der Waals surface area contributed by atoms with Gasteiger partial charge in [-0.05, 0) is 18.6 Å². The van der Waals surface area contributed by atoms with Gasteiger partial charge in [-0.15, -0.1) is 0 Å². The first-order valence-corrected chi connectivity index (χ1v) is 5.34. The second-order valence-corrected chi connectivity index (χ2v) is 4.14. The van der Waals surface area contributed by atoms with E-state index in [9.17, 15) is 0 Å². The van der Waals surface area contributed by atoms with Crippen LogP contribution in [0.4, 0.5) is 0 Å². The fourth-order valence-corrected chi connectivity index (χ4v) is 1.69. The predicted molar refractivity (Wildman–Crippen MR) is 63.0 cm³/mol. The summed E-state index contributed by atoms with van der Waals surface area (Å²) < 4.78 is 5.73. The summed E-state index contributed by atoms with van der Waals surface area (Å²) in [7, 11) is 0.